The van der Waals surface area contributed by atoms with E-state index in [-0.39, 0.29) is 0 Å². The average Bonchev–Trinajstić information content (AvgIpc) is 2.79. The first-order chi connectivity index (χ1) is 8.31. The van der Waals surface area contributed by atoms with E-state index in [9.17, 15) is 0 Å². The predicted molar refractivity (Wildman–Crippen MR) is 71.4 cm³/mol. The zero-order valence-corrected chi connectivity index (χ0v) is 10.9. The molecule has 0 fully saturated rings. The van der Waals surface area contributed by atoms with Crippen molar-refractivity contribution in [1.29, 1.82) is 5.26 Å². The van der Waals surface area contributed by atoms with Crippen LogP contribution in [-0.2, 0) is 6.54 Å². The van der Waals surface area contributed by atoms with Gasteiger partial charge < -0.3 is 5.73 Å². The maximum atomic E-state index is 8.60. The Kier molecular flexibility index (Phi) is 6.35. The minimum Gasteiger partial charge on any atom is -0.320 e. The highest BCUT2D eigenvalue weighted by molar-refractivity contribution is 7.10. The molecule has 0 radical (unpaired) electrons. The highest BCUT2D eigenvalue weighted by Crippen LogP contribution is 2.18. The van der Waals surface area contributed by atoms with E-state index in [4.69, 9.17) is 11.0 Å². The number of hydrogen-bond donors (Lipinski definition) is 1. The molecule has 4 heteroatoms. The fraction of sp³-hybridized carbons (Fsp3) is 0.462. The van der Waals surface area contributed by atoms with Gasteiger partial charge in [-0.1, -0.05) is 18.8 Å². The van der Waals surface area contributed by atoms with Gasteiger partial charge in [-0.25, -0.2) is 0 Å². The van der Waals surface area contributed by atoms with Crippen LogP contribution in [0.15, 0.2) is 11.4 Å². The third-order valence-corrected chi connectivity index (χ3v) is 3.33. The lowest BCUT2D eigenvalue weighted by Crippen LogP contribution is -2.23. The van der Waals surface area contributed by atoms with Crippen LogP contribution in [0.1, 0.15) is 23.8 Å². The molecule has 3 nitrogen and oxygen atoms in total. The van der Waals surface area contributed by atoms with E-state index < -0.39 is 0 Å². The summed E-state index contributed by atoms with van der Waals surface area (Å²) in [5.41, 5.74) is 6.44. The van der Waals surface area contributed by atoms with Gasteiger partial charge in [-0.05, 0) is 18.0 Å². The molecule has 1 rings (SSSR count). The van der Waals surface area contributed by atoms with E-state index in [1.807, 2.05) is 11.4 Å². The van der Waals surface area contributed by atoms with Gasteiger partial charge >= 0.3 is 0 Å². The Hall–Kier alpha value is -1.33. The summed E-state index contributed by atoms with van der Waals surface area (Å²) in [6.45, 7) is 5.12. The van der Waals surface area contributed by atoms with Crippen molar-refractivity contribution in [3.8, 4) is 17.9 Å². The van der Waals surface area contributed by atoms with E-state index >= 15 is 0 Å². The SMILES string of the molecule is CCN(CCC#N)Cc1sccc1C#CCN. The van der Waals surface area contributed by atoms with Gasteiger partial charge in [0.25, 0.3) is 0 Å². The standard InChI is InChI=1S/C13H17N3S/c1-2-16(9-4-8-15)11-13-12(5-3-7-14)6-10-17-13/h6,10H,2,4,7,9,11,14H2,1H3. The van der Waals surface area contributed by atoms with Gasteiger partial charge in [-0.3, -0.25) is 4.90 Å². The molecular weight excluding hydrogens is 230 g/mol. The van der Waals surface area contributed by atoms with Gasteiger partial charge in [-0.15, -0.1) is 11.3 Å². The molecule has 0 bridgehead atoms. The Balaban J connectivity index is 2.66. The summed E-state index contributed by atoms with van der Waals surface area (Å²) < 4.78 is 0. The second-order valence-corrected chi connectivity index (χ2v) is 4.54. The van der Waals surface area contributed by atoms with Crippen molar-refractivity contribution >= 4 is 11.3 Å². The van der Waals surface area contributed by atoms with Crippen LogP contribution in [-0.4, -0.2) is 24.5 Å². The lowest BCUT2D eigenvalue weighted by atomic mass is 10.2. The van der Waals surface area contributed by atoms with E-state index in [1.165, 1.54) is 4.88 Å². The Labute approximate surface area is 107 Å². The van der Waals surface area contributed by atoms with Crippen molar-refractivity contribution in [2.75, 3.05) is 19.6 Å². The van der Waals surface area contributed by atoms with Crippen molar-refractivity contribution in [2.24, 2.45) is 5.73 Å². The Morgan fingerprint density at radius 3 is 3.00 bits per heavy atom. The summed E-state index contributed by atoms with van der Waals surface area (Å²) >= 11 is 1.71. The number of thiophene rings is 1. The normalized spacial score (nSPS) is 9.76. The number of nitrogens with two attached hydrogens (primary N) is 1. The minimum atomic E-state index is 0.390. The summed E-state index contributed by atoms with van der Waals surface area (Å²) in [5.74, 6) is 5.96. The maximum Gasteiger partial charge on any atom is 0.0635 e. The number of nitrogens with zero attached hydrogens (tertiary/aromatic N) is 2. The summed E-state index contributed by atoms with van der Waals surface area (Å²) in [4.78, 5) is 3.51. The van der Waals surface area contributed by atoms with E-state index in [1.54, 1.807) is 11.3 Å². The molecule has 17 heavy (non-hydrogen) atoms. The quantitative estimate of drug-likeness (QED) is 0.807. The Morgan fingerprint density at radius 1 is 1.53 bits per heavy atom. The molecule has 0 spiro atoms. The molecule has 0 aliphatic heterocycles. The summed E-state index contributed by atoms with van der Waals surface area (Å²) in [6.07, 6.45) is 0.572. The van der Waals surface area contributed by atoms with Crippen molar-refractivity contribution in [3.63, 3.8) is 0 Å². The van der Waals surface area contributed by atoms with Crippen LogP contribution >= 0.6 is 11.3 Å². The second kappa shape index (κ2) is 7.86. The molecule has 0 amide bonds. The maximum absolute atomic E-state index is 8.60. The van der Waals surface area contributed by atoms with Crippen molar-refractivity contribution in [3.05, 3.63) is 21.9 Å². The van der Waals surface area contributed by atoms with Gasteiger partial charge in [0.2, 0.25) is 0 Å². The highest BCUT2D eigenvalue weighted by Gasteiger charge is 2.07. The Morgan fingerprint density at radius 2 is 2.35 bits per heavy atom. The second-order valence-electron chi connectivity index (χ2n) is 3.54. The van der Waals surface area contributed by atoms with Crippen LogP contribution in [0.2, 0.25) is 0 Å². The average molecular weight is 247 g/mol. The van der Waals surface area contributed by atoms with E-state index in [2.05, 4.69) is 29.7 Å². The first-order valence-electron chi connectivity index (χ1n) is 5.66. The molecule has 0 saturated heterocycles. The zero-order chi connectivity index (χ0) is 12.5. The largest absolute Gasteiger partial charge is 0.320 e. The molecule has 0 saturated carbocycles. The van der Waals surface area contributed by atoms with Crippen LogP contribution in [0.5, 0.6) is 0 Å². The molecule has 0 unspecified atom stereocenters. The van der Waals surface area contributed by atoms with E-state index in [0.717, 1.165) is 25.2 Å². The molecule has 0 aliphatic rings. The molecule has 1 aromatic heterocycles. The first kappa shape index (κ1) is 13.7. The molecule has 90 valence electrons. The minimum absolute atomic E-state index is 0.390. The first-order valence-corrected chi connectivity index (χ1v) is 6.54. The number of rotatable bonds is 5. The third-order valence-electron chi connectivity index (χ3n) is 2.42. The van der Waals surface area contributed by atoms with Gasteiger partial charge in [0.1, 0.15) is 0 Å². The molecule has 0 atom stereocenters. The van der Waals surface area contributed by atoms with Crippen LogP contribution in [0, 0.1) is 23.2 Å². The molecule has 2 N–H and O–H groups in total. The molecule has 1 heterocycles. The third kappa shape index (κ3) is 4.58. The number of hydrogen-bond acceptors (Lipinski definition) is 4. The highest BCUT2D eigenvalue weighted by atomic mass is 32.1. The molecule has 0 aromatic carbocycles. The molecule has 1 aromatic rings. The van der Waals surface area contributed by atoms with Crippen LogP contribution in [0.3, 0.4) is 0 Å². The van der Waals surface area contributed by atoms with E-state index in [0.29, 0.717) is 13.0 Å². The summed E-state index contributed by atoms with van der Waals surface area (Å²) in [5, 5.41) is 10.6. The van der Waals surface area contributed by atoms with Crippen molar-refractivity contribution in [1.82, 2.24) is 4.90 Å². The predicted octanol–water partition coefficient (Wildman–Crippen LogP) is 1.79. The van der Waals surface area contributed by atoms with Crippen molar-refractivity contribution < 1.29 is 0 Å². The summed E-state index contributed by atoms with van der Waals surface area (Å²) in [7, 11) is 0. The zero-order valence-electron chi connectivity index (χ0n) is 10.1. The fourth-order valence-corrected chi connectivity index (χ4v) is 2.35. The smallest absolute Gasteiger partial charge is 0.0635 e. The van der Waals surface area contributed by atoms with Gasteiger partial charge in [0.05, 0.1) is 12.6 Å². The Bertz CT molecular complexity index is 433. The molecular formula is C13H17N3S. The topological polar surface area (TPSA) is 53.0 Å². The van der Waals surface area contributed by atoms with Crippen LogP contribution in [0.4, 0.5) is 0 Å². The van der Waals surface area contributed by atoms with Crippen LogP contribution in [0.25, 0.3) is 0 Å². The van der Waals surface area contributed by atoms with Crippen molar-refractivity contribution in [2.45, 2.75) is 19.9 Å². The fourth-order valence-electron chi connectivity index (χ4n) is 1.48. The van der Waals surface area contributed by atoms with Crippen LogP contribution < -0.4 is 5.73 Å². The molecule has 0 aliphatic carbocycles. The van der Waals surface area contributed by atoms with Gasteiger partial charge in [0, 0.05) is 30.0 Å². The summed E-state index contributed by atoms with van der Waals surface area (Å²) in [6, 6.07) is 4.21. The van der Waals surface area contributed by atoms with Gasteiger partial charge in [0.15, 0.2) is 0 Å². The monoisotopic (exact) mass is 247 g/mol. The number of nitriles is 1. The lowest BCUT2D eigenvalue weighted by molar-refractivity contribution is 0.289. The van der Waals surface area contributed by atoms with Gasteiger partial charge in [-0.2, -0.15) is 5.26 Å². The lowest BCUT2D eigenvalue weighted by Gasteiger charge is -2.18.